The van der Waals surface area contributed by atoms with Gasteiger partial charge in [0.25, 0.3) is 0 Å². The van der Waals surface area contributed by atoms with Crippen LogP contribution < -0.4 is 10.6 Å². The SMILES string of the molecule is Cc1cc(Nc2cnccn2)nc(NC(C)c2ccc(F)cc2)c1. The first-order chi connectivity index (χ1) is 11.6. The molecule has 2 N–H and O–H groups in total. The van der Waals surface area contributed by atoms with E-state index in [2.05, 4.69) is 25.6 Å². The number of nitrogens with one attached hydrogen (secondary N) is 2. The molecule has 1 aromatic carbocycles. The van der Waals surface area contributed by atoms with Gasteiger partial charge in [-0.3, -0.25) is 4.98 Å². The third-order valence-corrected chi connectivity index (χ3v) is 3.52. The molecule has 0 aliphatic carbocycles. The molecule has 0 bridgehead atoms. The second-order valence-corrected chi connectivity index (χ2v) is 5.55. The van der Waals surface area contributed by atoms with Crippen LogP contribution in [0.3, 0.4) is 0 Å². The van der Waals surface area contributed by atoms with Crippen molar-refractivity contribution in [2.75, 3.05) is 10.6 Å². The first kappa shape index (κ1) is 15.9. The highest BCUT2D eigenvalue weighted by atomic mass is 19.1. The summed E-state index contributed by atoms with van der Waals surface area (Å²) in [7, 11) is 0. The fourth-order valence-electron chi connectivity index (χ4n) is 2.36. The summed E-state index contributed by atoms with van der Waals surface area (Å²) in [5, 5.41) is 6.47. The molecule has 0 saturated carbocycles. The molecule has 2 heterocycles. The maximum atomic E-state index is 13.0. The van der Waals surface area contributed by atoms with Crippen molar-refractivity contribution in [3.63, 3.8) is 0 Å². The molecule has 24 heavy (non-hydrogen) atoms. The number of halogens is 1. The van der Waals surface area contributed by atoms with E-state index >= 15 is 0 Å². The third kappa shape index (κ3) is 4.04. The first-order valence-corrected chi connectivity index (χ1v) is 7.64. The van der Waals surface area contributed by atoms with Gasteiger partial charge in [-0.25, -0.2) is 14.4 Å². The quantitative estimate of drug-likeness (QED) is 0.735. The summed E-state index contributed by atoms with van der Waals surface area (Å²) in [6, 6.07) is 10.3. The summed E-state index contributed by atoms with van der Waals surface area (Å²) >= 11 is 0. The highest BCUT2D eigenvalue weighted by Crippen LogP contribution is 2.22. The zero-order valence-electron chi connectivity index (χ0n) is 13.5. The van der Waals surface area contributed by atoms with Crippen molar-refractivity contribution >= 4 is 17.5 Å². The van der Waals surface area contributed by atoms with E-state index in [-0.39, 0.29) is 11.9 Å². The van der Waals surface area contributed by atoms with Gasteiger partial charge in [0.05, 0.1) is 6.20 Å². The van der Waals surface area contributed by atoms with Crippen LogP contribution in [0.1, 0.15) is 24.1 Å². The van der Waals surface area contributed by atoms with Crippen molar-refractivity contribution in [1.29, 1.82) is 0 Å². The lowest BCUT2D eigenvalue weighted by Gasteiger charge is -2.16. The predicted octanol–water partition coefficient (Wildman–Crippen LogP) is 4.24. The van der Waals surface area contributed by atoms with E-state index < -0.39 is 0 Å². The van der Waals surface area contributed by atoms with Crippen molar-refractivity contribution in [2.45, 2.75) is 19.9 Å². The summed E-state index contributed by atoms with van der Waals surface area (Å²) in [6.07, 6.45) is 4.87. The Morgan fingerprint density at radius 1 is 1.00 bits per heavy atom. The van der Waals surface area contributed by atoms with Crippen LogP contribution in [-0.4, -0.2) is 15.0 Å². The van der Waals surface area contributed by atoms with Gasteiger partial charge in [-0.15, -0.1) is 0 Å². The third-order valence-electron chi connectivity index (χ3n) is 3.52. The van der Waals surface area contributed by atoms with Crippen molar-refractivity contribution < 1.29 is 4.39 Å². The van der Waals surface area contributed by atoms with Crippen LogP contribution in [0.4, 0.5) is 21.8 Å². The van der Waals surface area contributed by atoms with Crippen LogP contribution >= 0.6 is 0 Å². The molecule has 0 saturated heterocycles. The number of hydrogen-bond acceptors (Lipinski definition) is 5. The van der Waals surface area contributed by atoms with Gasteiger partial charge in [0.1, 0.15) is 23.3 Å². The summed E-state index contributed by atoms with van der Waals surface area (Å²) in [5.74, 6) is 1.81. The Labute approximate surface area is 140 Å². The molecule has 5 nitrogen and oxygen atoms in total. The van der Waals surface area contributed by atoms with Crippen molar-refractivity contribution in [3.8, 4) is 0 Å². The average Bonchev–Trinajstić information content (AvgIpc) is 2.55. The van der Waals surface area contributed by atoms with Gasteiger partial charge in [-0.2, -0.15) is 0 Å². The van der Waals surface area contributed by atoms with Gasteiger partial charge in [0.2, 0.25) is 0 Å². The van der Waals surface area contributed by atoms with Gasteiger partial charge < -0.3 is 10.6 Å². The van der Waals surface area contributed by atoms with Crippen LogP contribution in [0.5, 0.6) is 0 Å². The smallest absolute Gasteiger partial charge is 0.150 e. The number of benzene rings is 1. The Bertz CT molecular complexity index is 805. The lowest BCUT2D eigenvalue weighted by Crippen LogP contribution is -2.09. The minimum absolute atomic E-state index is 0.00395. The van der Waals surface area contributed by atoms with Gasteiger partial charge in [-0.05, 0) is 49.2 Å². The number of rotatable bonds is 5. The molecule has 1 unspecified atom stereocenters. The second-order valence-electron chi connectivity index (χ2n) is 5.55. The van der Waals surface area contributed by atoms with Crippen molar-refractivity contribution in [3.05, 3.63) is 71.9 Å². The maximum absolute atomic E-state index is 13.0. The van der Waals surface area contributed by atoms with Crippen LogP contribution in [-0.2, 0) is 0 Å². The molecule has 3 aromatic rings. The molecule has 2 aromatic heterocycles. The highest BCUT2D eigenvalue weighted by molar-refractivity contribution is 5.56. The number of aryl methyl sites for hydroxylation is 1. The fraction of sp³-hybridized carbons (Fsp3) is 0.167. The molecule has 0 spiro atoms. The van der Waals surface area contributed by atoms with Gasteiger partial charge in [0, 0.05) is 18.4 Å². The number of anilines is 3. The second kappa shape index (κ2) is 7.04. The van der Waals surface area contributed by atoms with E-state index in [4.69, 9.17) is 0 Å². The Hall–Kier alpha value is -3.02. The summed E-state index contributed by atoms with van der Waals surface area (Å²) in [5.41, 5.74) is 2.05. The van der Waals surface area contributed by atoms with E-state index in [1.165, 1.54) is 12.1 Å². The lowest BCUT2D eigenvalue weighted by atomic mass is 10.1. The fourth-order valence-corrected chi connectivity index (χ4v) is 2.36. The zero-order chi connectivity index (χ0) is 16.9. The molecule has 0 fully saturated rings. The molecule has 122 valence electrons. The number of pyridine rings is 1. The van der Waals surface area contributed by atoms with Crippen molar-refractivity contribution in [2.24, 2.45) is 0 Å². The van der Waals surface area contributed by atoms with Crippen LogP contribution in [0.25, 0.3) is 0 Å². The van der Waals surface area contributed by atoms with E-state index in [1.807, 2.05) is 26.0 Å². The number of nitrogens with zero attached hydrogens (tertiary/aromatic N) is 3. The van der Waals surface area contributed by atoms with Gasteiger partial charge in [-0.1, -0.05) is 12.1 Å². The Balaban J connectivity index is 1.77. The molecule has 6 heteroatoms. The van der Waals surface area contributed by atoms with E-state index in [1.54, 1.807) is 30.7 Å². The monoisotopic (exact) mass is 323 g/mol. The maximum Gasteiger partial charge on any atom is 0.150 e. The average molecular weight is 323 g/mol. The van der Waals surface area contributed by atoms with E-state index in [0.717, 1.165) is 16.9 Å². The standard InChI is InChI=1S/C18H18FN5/c1-12-9-16(22-13(2)14-3-5-15(19)6-4-14)23-17(10-12)24-18-11-20-7-8-21-18/h3-11,13H,1-2H3,(H2,21,22,23,24). The Morgan fingerprint density at radius 3 is 2.46 bits per heavy atom. The normalized spacial score (nSPS) is 11.8. The largest absolute Gasteiger partial charge is 0.363 e. The minimum Gasteiger partial charge on any atom is -0.363 e. The minimum atomic E-state index is -0.241. The van der Waals surface area contributed by atoms with Crippen LogP contribution in [0.2, 0.25) is 0 Å². The summed E-state index contributed by atoms with van der Waals surface area (Å²) in [4.78, 5) is 12.8. The van der Waals surface area contributed by atoms with Crippen molar-refractivity contribution in [1.82, 2.24) is 15.0 Å². The number of hydrogen-bond donors (Lipinski definition) is 2. The molecule has 0 radical (unpaired) electrons. The Kier molecular flexibility index (Phi) is 4.65. The first-order valence-electron chi connectivity index (χ1n) is 7.64. The molecule has 3 rings (SSSR count). The zero-order valence-corrected chi connectivity index (χ0v) is 13.5. The highest BCUT2D eigenvalue weighted by Gasteiger charge is 2.08. The molecule has 0 aliphatic heterocycles. The summed E-state index contributed by atoms with van der Waals surface area (Å²) < 4.78 is 13.0. The number of aromatic nitrogens is 3. The van der Waals surface area contributed by atoms with Gasteiger partial charge >= 0.3 is 0 Å². The molecule has 0 amide bonds. The topological polar surface area (TPSA) is 62.7 Å². The predicted molar refractivity (Wildman–Crippen MR) is 92.7 cm³/mol. The van der Waals surface area contributed by atoms with E-state index in [9.17, 15) is 4.39 Å². The molecule has 0 aliphatic rings. The van der Waals surface area contributed by atoms with Crippen LogP contribution in [0, 0.1) is 12.7 Å². The van der Waals surface area contributed by atoms with E-state index in [0.29, 0.717) is 11.6 Å². The molecule has 1 atom stereocenters. The van der Waals surface area contributed by atoms with Crippen LogP contribution in [0.15, 0.2) is 55.0 Å². The molecular weight excluding hydrogens is 305 g/mol. The Morgan fingerprint density at radius 2 is 1.75 bits per heavy atom. The summed E-state index contributed by atoms with van der Waals surface area (Å²) in [6.45, 7) is 4.00. The van der Waals surface area contributed by atoms with Gasteiger partial charge in [0.15, 0.2) is 0 Å². The lowest BCUT2D eigenvalue weighted by molar-refractivity contribution is 0.626. The molecular formula is C18H18FN5.